The number of esters is 1. The van der Waals surface area contributed by atoms with Gasteiger partial charge in [0.05, 0.1) is 7.11 Å². The molecule has 0 radical (unpaired) electrons. The second-order valence-corrected chi connectivity index (χ2v) is 5.18. The number of piperidine rings is 1. The first-order valence-corrected chi connectivity index (χ1v) is 6.75. The van der Waals surface area contributed by atoms with Gasteiger partial charge in [0.15, 0.2) is 0 Å². The average Bonchev–Trinajstić information content (AvgIpc) is 2.38. The smallest absolute Gasteiger partial charge is 0.343 e. The van der Waals surface area contributed by atoms with Crippen LogP contribution in [0, 0.1) is 6.92 Å². The van der Waals surface area contributed by atoms with Crippen LogP contribution in [0.2, 0.25) is 0 Å². The number of rotatable bonds is 2. The minimum absolute atomic E-state index is 0.375. The van der Waals surface area contributed by atoms with Gasteiger partial charge in [0.1, 0.15) is 17.2 Å². The lowest BCUT2D eigenvalue weighted by molar-refractivity contribution is 0.0600. The number of nitrogens with zero attached hydrogens (tertiary/aromatic N) is 3. The standard InChI is InChI=1S/C14H21N3O2/c1-9-6-5-7-10(2)17(9)13-12(14(18)19-4)8-15-11(3)16-13/h8-10H,5-7H2,1-4H3. The maximum absolute atomic E-state index is 11.9. The summed E-state index contributed by atoms with van der Waals surface area (Å²) in [4.78, 5) is 22.7. The molecular weight excluding hydrogens is 242 g/mol. The third kappa shape index (κ3) is 2.69. The lowest BCUT2D eigenvalue weighted by atomic mass is 9.97. The number of hydrogen-bond acceptors (Lipinski definition) is 5. The number of methoxy groups -OCH3 is 1. The van der Waals surface area contributed by atoms with Gasteiger partial charge in [-0.3, -0.25) is 0 Å². The van der Waals surface area contributed by atoms with Crippen LogP contribution in [0.25, 0.3) is 0 Å². The van der Waals surface area contributed by atoms with Crippen molar-refractivity contribution >= 4 is 11.8 Å². The maximum Gasteiger partial charge on any atom is 0.343 e. The second-order valence-electron chi connectivity index (χ2n) is 5.18. The van der Waals surface area contributed by atoms with Crippen LogP contribution in [0.4, 0.5) is 5.82 Å². The van der Waals surface area contributed by atoms with Gasteiger partial charge in [-0.15, -0.1) is 0 Å². The Bertz CT molecular complexity index is 466. The van der Waals surface area contributed by atoms with Gasteiger partial charge in [-0.2, -0.15) is 0 Å². The fourth-order valence-corrected chi connectivity index (χ4v) is 2.75. The van der Waals surface area contributed by atoms with Crippen LogP contribution in [-0.2, 0) is 4.74 Å². The van der Waals surface area contributed by atoms with E-state index in [0.717, 1.165) is 12.8 Å². The molecule has 1 aliphatic heterocycles. The van der Waals surface area contributed by atoms with Gasteiger partial charge in [-0.1, -0.05) is 0 Å². The zero-order valence-electron chi connectivity index (χ0n) is 12.0. The third-order valence-corrected chi connectivity index (χ3v) is 3.73. The molecule has 2 heterocycles. The lowest BCUT2D eigenvalue weighted by Crippen LogP contribution is -2.45. The Labute approximate surface area is 114 Å². The average molecular weight is 263 g/mol. The number of carbonyl (C=O) groups is 1. The summed E-state index contributed by atoms with van der Waals surface area (Å²) in [6.07, 6.45) is 5.02. The summed E-state index contributed by atoms with van der Waals surface area (Å²) < 4.78 is 4.83. The predicted octanol–water partition coefficient (Wildman–Crippen LogP) is 2.34. The molecule has 0 N–H and O–H groups in total. The summed E-state index contributed by atoms with van der Waals surface area (Å²) in [6, 6.07) is 0.753. The number of aromatic nitrogens is 2. The van der Waals surface area contributed by atoms with E-state index in [1.54, 1.807) is 6.20 Å². The molecular formula is C14H21N3O2. The largest absolute Gasteiger partial charge is 0.465 e. The van der Waals surface area contributed by atoms with Crippen LogP contribution in [0.1, 0.15) is 49.3 Å². The van der Waals surface area contributed by atoms with Crippen molar-refractivity contribution in [1.29, 1.82) is 0 Å². The number of ether oxygens (including phenoxy) is 1. The minimum atomic E-state index is -0.375. The maximum atomic E-state index is 11.9. The minimum Gasteiger partial charge on any atom is -0.465 e. The molecule has 0 spiro atoms. The molecule has 19 heavy (non-hydrogen) atoms. The van der Waals surface area contributed by atoms with Gasteiger partial charge in [-0.25, -0.2) is 14.8 Å². The van der Waals surface area contributed by atoms with Crippen molar-refractivity contribution in [2.75, 3.05) is 12.0 Å². The molecule has 2 atom stereocenters. The summed E-state index contributed by atoms with van der Waals surface area (Å²) in [6.45, 7) is 6.19. The molecule has 0 saturated carbocycles. The molecule has 0 aliphatic carbocycles. The number of anilines is 1. The Hall–Kier alpha value is -1.65. The molecule has 0 bridgehead atoms. The van der Waals surface area contributed by atoms with Crippen LogP contribution in [0.15, 0.2) is 6.20 Å². The van der Waals surface area contributed by atoms with Crippen molar-refractivity contribution in [3.05, 3.63) is 17.6 Å². The lowest BCUT2D eigenvalue weighted by Gasteiger charge is -2.40. The molecule has 2 rings (SSSR count). The van der Waals surface area contributed by atoms with Crippen molar-refractivity contribution in [2.24, 2.45) is 0 Å². The summed E-state index contributed by atoms with van der Waals surface area (Å²) >= 11 is 0. The first-order chi connectivity index (χ1) is 9.04. The molecule has 0 amide bonds. The summed E-state index contributed by atoms with van der Waals surface area (Å²) in [5.41, 5.74) is 0.452. The van der Waals surface area contributed by atoms with Crippen LogP contribution in [0.3, 0.4) is 0 Å². The quantitative estimate of drug-likeness (QED) is 0.767. The monoisotopic (exact) mass is 263 g/mol. The molecule has 1 aromatic heterocycles. The molecule has 1 aliphatic rings. The zero-order chi connectivity index (χ0) is 14.0. The van der Waals surface area contributed by atoms with E-state index in [4.69, 9.17) is 4.74 Å². The van der Waals surface area contributed by atoms with E-state index < -0.39 is 0 Å². The molecule has 5 nitrogen and oxygen atoms in total. The van der Waals surface area contributed by atoms with Gasteiger partial charge in [0.25, 0.3) is 0 Å². The highest BCUT2D eigenvalue weighted by Gasteiger charge is 2.29. The molecule has 1 aromatic rings. The Morgan fingerprint density at radius 2 is 2.00 bits per heavy atom. The summed E-state index contributed by atoms with van der Waals surface area (Å²) in [5.74, 6) is 1.01. The van der Waals surface area contributed by atoms with Crippen molar-refractivity contribution in [3.63, 3.8) is 0 Å². The van der Waals surface area contributed by atoms with E-state index in [-0.39, 0.29) is 5.97 Å². The van der Waals surface area contributed by atoms with Crippen LogP contribution >= 0.6 is 0 Å². The van der Waals surface area contributed by atoms with E-state index in [9.17, 15) is 4.79 Å². The first kappa shape index (κ1) is 13.8. The van der Waals surface area contributed by atoms with Crippen LogP contribution < -0.4 is 4.90 Å². The topological polar surface area (TPSA) is 55.3 Å². The van der Waals surface area contributed by atoms with Gasteiger partial charge in [0.2, 0.25) is 0 Å². The SMILES string of the molecule is COC(=O)c1cnc(C)nc1N1C(C)CCCC1C. The highest BCUT2D eigenvalue weighted by atomic mass is 16.5. The fourth-order valence-electron chi connectivity index (χ4n) is 2.75. The first-order valence-electron chi connectivity index (χ1n) is 6.75. The van der Waals surface area contributed by atoms with Crippen molar-refractivity contribution in [3.8, 4) is 0 Å². The van der Waals surface area contributed by atoms with E-state index >= 15 is 0 Å². The van der Waals surface area contributed by atoms with Gasteiger partial charge < -0.3 is 9.64 Å². The molecule has 1 saturated heterocycles. The second kappa shape index (κ2) is 5.55. The van der Waals surface area contributed by atoms with Crippen molar-refractivity contribution in [2.45, 2.75) is 52.1 Å². The van der Waals surface area contributed by atoms with E-state index in [2.05, 4.69) is 28.7 Å². The van der Waals surface area contributed by atoms with Gasteiger partial charge in [-0.05, 0) is 40.0 Å². The predicted molar refractivity (Wildman–Crippen MR) is 73.4 cm³/mol. The summed E-state index contributed by atoms with van der Waals surface area (Å²) in [7, 11) is 1.38. The zero-order valence-corrected chi connectivity index (χ0v) is 12.0. The number of carbonyl (C=O) groups excluding carboxylic acids is 1. The van der Waals surface area contributed by atoms with Gasteiger partial charge in [0, 0.05) is 18.3 Å². The molecule has 5 heteroatoms. The van der Waals surface area contributed by atoms with Crippen molar-refractivity contribution in [1.82, 2.24) is 9.97 Å². The molecule has 2 unspecified atom stereocenters. The Balaban J connectivity index is 2.46. The highest BCUT2D eigenvalue weighted by Crippen LogP contribution is 2.30. The van der Waals surface area contributed by atoms with Crippen LogP contribution in [0.5, 0.6) is 0 Å². The normalized spacial score (nSPS) is 23.3. The van der Waals surface area contributed by atoms with E-state index in [1.165, 1.54) is 13.5 Å². The fraction of sp³-hybridized carbons (Fsp3) is 0.643. The molecule has 104 valence electrons. The van der Waals surface area contributed by atoms with Crippen molar-refractivity contribution < 1.29 is 9.53 Å². The molecule has 1 fully saturated rings. The van der Waals surface area contributed by atoms with Gasteiger partial charge >= 0.3 is 5.97 Å². The van der Waals surface area contributed by atoms with Crippen LogP contribution in [-0.4, -0.2) is 35.1 Å². The summed E-state index contributed by atoms with van der Waals surface area (Å²) in [5, 5.41) is 0. The number of hydrogen-bond donors (Lipinski definition) is 0. The Kier molecular flexibility index (Phi) is 4.02. The number of aryl methyl sites for hydroxylation is 1. The Morgan fingerprint density at radius 3 is 2.58 bits per heavy atom. The van der Waals surface area contributed by atoms with E-state index in [0.29, 0.717) is 29.3 Å². The third-order valence-electron chi connectivity index (χ3n) is 3.73. The Morgan fingerprint density at radius 1 is 1.37 bits per heavy atom. The highest BCUT2D eigenvalue weighted by molar-refractivity contribution is 5.94. The van der Waals surface area contributed by atoms with E-state index in [1.807, 2.05) is 6.92 Å². The molecule has 0 aromatic carbocycles.